The first-order valence-corrected chi connectivity index (χ1v) is 14.8. The van der Waals surface area contributed by atoms with Crippen LogP contribution in [0.2, 0.25) is 0 Å². The summed E-state index contributed by atoms with van der Waals surface area (Å²) >= 11 is 0. The predicted octanol–water partition coefficient (Wildman–Crippen LogP) is 5.75. The highest BCUT2D eigenvalue weighted by molar-refractivity contribution is 7.92. The Bertz CT molecular complexity index is 1310. The van der Waals surface area contributed by atoms with Gasteiger partial charge in [0.25, 0.3) is 5.91 Å². The van der Waals surface area contributed by atoms with Crippen molar-refractivity contribution in [3.63, 3.8) is 0 Å². The summed E-state index contributed by atoms with van der Waals surface area (Å²) in [5.74, 6) is -0.158. The maximum atomic E-state index is 12.9. The number of benzene rings is 3. The summed E-state index contributed by atoms with van der Waals surface area (Å²) < 4.78 is 26.7. The molecule has 1 atom stereocenters. The lowest BCUT2D eigenvalue weighted by atomic mass is 10.1. The molecule has 1 aliphatic rings. The van der Waals surface area contributed by atoms with E-state index in [1.807, 2.05) is 51.1 Å². The van der Waals surface area contributed by atoms with Gasteiger partial charge in [0.15, 0.2) is 0 Å². The molecule has 1 N–H and O–H groups in total. The molecular weight excluding hydrogens is 482 g/mol. The molecule has 6 nitrogen and oxygen atoms in total. The van der Waals surface area contributed by atoms with Gasteiger partial charge in [-0.25, -0.2) is 8.42 Å². The van der Waals surface area contributed by atoms with Crippen LogP contribution in [0, 0.1) is 13.8 Å². The minimum atomic E-state index is -3.49. The molecule has 37 heavy (non-hydrogen) atoms. The van der Waals surface area contributed by atoms with Gasteiger partial charge in [-0.1, -0.05) is 42.5 Å². The summed E-state index contributed by atoms with van der Waals surface area (Å²) in [4.78, 5) is 15.3. The molecule has 7 heteroatoms. The van der Waals surface area contributed by atoms with Crippen LogP contribution in [0.4, 0.5) is 11.4 Å². The van der Waals surface area contributed by atoms with Crippen molar-refractivity contribution >= 4 is 27.3 Å². The number of amides is 1. The van der Waals surface area contributed by atoms with Gasteiger partial charge in [-0.2, -0.15) is 0 Å². The van der Waals surface area contributed by atoms with Crippen molar-refractivity contribution in [2.75, 3.05) is 28.6 Å². The number of anilines is 2. The molecule has 0 aromatic heterocycles. The summed E-state index contributed by atoms with van der Waals surface area (Å²) in [5.41, 5.74) is 6.15. The maximum absolute atomic E-state index is 12.9. The monoisotopic (exact) mass is 519 g/mol. The van der Waals surface area contributed by atoms with Crippen LogP contribution in [-0.2, 0) is 16.6 Å². The van der Waals surface area contributed by atoms with E-state index in [0.717, 1.165) is 35.3 Å². The van der Waals surface area contributed by atoms with Crippen LogP contribution in [0.3, 0.4) is 0 Å². The maximum Gasteiger partial charge on any atom is 0.251 e. The molecule has 1 unspecified atom stereocenters. The predicted molar refractivity (Wildman–Crippen MR) is 152 cm³/mol. The van der Waals surface area contributed by atoms with Crippen molar-refractivity contribution in [3.05, 3.63) is 94.5 Å². The number of sulfonamides is 1. The molecule has 0 aliphatic carbocycles. The molecule has 0 saturated carbocycles. The highest BCUT2D eigenvalue weighted by Gasteiger charge is 2.22. The molecule has 3 aromatic carbocycles. The Balaban J connectivity index is 1.42. The van der Waals surface area contributed by atoms with Crippen molar-refractivity contribution in [2.24, 2.45) is 0 Å². The number of carbonyl (C=O) groups is 1. The summed E-state index contributed by atoms with van der Waals surface area (Å²) in [6, 6.07) is 21.2. The molecule has 1 aliphatic heterocycles. The van der Waals surface area contributed by atoms with Crippen LogP contribution in [0.25, 0.3) is 0 Å². The molecule has 3 aromatic rings. The van der Waals surface area contributed by atoms with Crippen molar-refractivity contribution in [1.29, 1.82) is 0 Å². The van der Waals surface area contributed by atoms with Gasteiger partial charge in [0.1, 0.15) is 0 Å². The number of nitrogens with one attached hydrogen (secondary N) is 1. The minimum Gasteiger partial charge on any atom is -0.372 e. The molecule has 1 amide bonds. The third-order valence-corrected chi connectivity index (χ3v) is 8.21. The van der Waals surface area contributed by atoms with E-state index < -0.39 is 10.0 Å². The number of hydrogen-bond donors (Lipinski definition) is 1. The van der Waals surface area contributed by atoms with Crippen LogP contribution in [0.5, 0.6) is 0 Å². The number of para-hydroxylation sites is 1. The van der Waals surface area contributed by atoms with Gasteiger partial charge in [0, 0.05) is 24.3 Å². The Kier molecular flexibility index (Phi) is 8.22. The number of piperidine rings is 1. The smallest absolute Gasteiger partial charge is 0.251 e. The number of nitrogens with zero attached hydrogens (tertiary/aromatic N) is 2. The molecule has 196 valence electrons. The molecular formula is C30H37N3O3S. The second kappa shape index (κ2) is 11.4. The van der Waals surface area contributed by atoms with E-state index in [4.69, 9.17) is 0 Å². The van der Waals surface area contributed by atoms with E-state index in [-0.39, 0.29) is 18.5 Å². The lowest BCUT2D eigenvalue weighted by molar-refractivity contribution is 0.0940. The molecule has 0 bridgehead atoms. The average Bonchev–Trinajstić information content (AvgIpc) is 2.88. The first kappa shape index (κ1) is 26.7. The Morgan fingerprint density at radius 1 is 0.919 bits per heavy atom. The van der Waals surface area contributed by atoms with Gasteiger partial charge >= 0.3 is 0 Å². The van der Waals surface area contributed by atoms with Crippen LogP contribution < -0.4 is 14.5 Å². The zero-order valence-electron chi connectivity index (χ0n) is 22.2. The van der Waals surface area contributed by atoms with E-state index in [0.29, 0.717) is 11.3 Å². The summed E-state index contributed by atoms with van der Waals surface area (Å²) in [5, 5.41) is 3.08. The molecule has 0 spiro atoms. The molecule has 1 heterocycles. The minimum absolute atomic E-state index is 0.132. The molecule has 1 saturated heterocycles. The van der Waals surface area contributed by atoms with Gasteiger partial charge < -0.3 is 10.2 Å². The van der Waals surface area contributed by atoms with Gasteiger partial charge in [0.05, 0.1) is 24.5 Å². The Hall–Kier alpha value is -3.32. The van der Waals surface area contributed by atoms with E-state index in [9.17, 15) is 13.2 Å². The normalized spacial score (nSPS) is 14.8. The Morgan fingerprint density at radius 2 is 1.51 bits per heavy atom. The molecule has 0 radical (unpaired) electrons. The lowest BCUT2D eigenvalue weighted by Crippen LogP contribution is -2.30. The quantitative estimate of drug-likeness (QED) is 0.411. The van der Waals surface area contributed by atoms with Gasteiger partial charge in [-0.3, -0.25) is 9.10 Å². The number of carbonyl (C=O) groups excluding carboxylic acids is 1. The Labute approximate surface area is 221 Å². The van der Waals surface area contributed by atoms with Crippen LogP contribution in [-0.4, -0.2) is 33.7 Å². The molecule has 4 rings (SSSR count). The summed E-state index contributed by atoms with van der Waals surface area (Å²) in [7, 11) is -3.49. The molecule has 1 fully saturated rings. The van der Waals surface area contributed by atoms with Crippen LogP contribution >= 0.6 is 0 Å². The largest absolute Gasteiger partial charge is 0.372 e. The summed E-state index contributed by atoms with van der Waals surface area (Å²) in [6.07, 6.45) is 5.01. The topological polar surface area (TPSA) is 69.7 Å². The highest BCUT2D eigenvalue weighted by atomic mass is 32.2. The van der Waals surface area contributed by atoms with Crippen LogP contribution in [0.15, 0.2) is 66.7 Å². The average molecular weight is 520 g/mol. The van der Waals surface area contributed by atoms with Crippen molar-refractivity contribution in [3.8, 4) is 0 Å². The first-order chi connectivity index (χ1) is 17.6. The van der Waals surface area contributed by atoms with Crippen molar-refractivity contribution < 1.29 is 13.2 Å². The Morgan fingerprint density at radius 3 is 2.08 bits per heavy atom. The van der Waals surface area contributed by atoms with Crippen molar-refractivity contribution in [1.82, 2.24) is 5.32 Å². The third kappa shape index (κ3) is 6.52. The fraction of sp³-hybridized carbons (Fsp3) is 0.367. The van der Waals surface area contributed by atoms with E-state index in [2.05, 4.69) is 34.5 Å². The number of hydrogen-bond acceptors (Lipinski definition) is 4. The van der Waals surface area contributed by atoms with Crippen molar-refractivity contribution in [2.45, 2.75) is 52.6 Å². The summed E-state index contributed by atoms with van der Waals surface area (Å²) in [6.45, 7) is 8.22. The SMILES string of the molecule is Cc1cccc(C)c1N(Cc1ccc(C(=O)NC(C)c2ccc(N3CCCCC3)cc2)cc1)S(C)(=O)=O. The van der Waals surface area contributed by atoms with Crippen LogP contribution in [0.1, 0.15) is 64.8 Å². The fourth-order valence-corrected chi connectivity index (χ4v) is 5.98. The fourth-order valence-electron chi connectivity index (χ4n) is 4.98. The zero-order chi connectivity index (χ0) is 26.6. The van der Waals surface area contributed by atoms with Gasteiger partial charge in [-0.05, 0) is 86.6 Å². The lowest BCUT2D eigenvalue weighted by Gasteiger charge is -2.29. The standard InChI is InChI=1S/C30H37N3O3S/c1-22-9-8-10-23(2)29(22)33(37(4,35)36)21-25-11-13-27(14-12-25)30(34)31-24(3)26-15-17-28(18-16-26)32-19-6-5-7-20-32/h8-18,24H,5-7,19-21H2,1-4H3,(H,31,34). The second-order valence-electron chi connectivity index (χ2n) is 10.0. The van der Waals surface area contributed by atoms with E-state index in [1.165, 1.54) is 35.5 Å². The highest BCUT2D eigenvalue weighted by Crippen LogP contribution is 2.28. The number of rotatable bonds is 8. The van der Waals surface area contributed by atoms with Gasteiger partial charge in [-0.15, -0.1) is 0 Å². The first-order valence-electron chi connectivity index (χ1n) is 12.9. The zero-order valence-corrected chi connectivity index (χ0v) is 23.0. The number of aryl methyl sites for hydroxylation is 2. The third-order valence-electron chi connectivity index (χ3n) is 7.09. The second-order valence-corrected chi connectivity index (χ2v) is 11.9. The van der Waals surface area contributed by atoms with E-state index in [1.54, 1.807) is 12.1 Å². The van der Waals surface area contributed by atoms with E-state index >= 15 is 0 Å². The van der Waals surface area contributed by atoms with Gasteiger partial charge in [0.2, 0.25) is 10.0 Å².